The van der Waals surface area contributed by atoms with Crippen molar-refractivity contribution >= 4 is 46.4 Å². The van der Waals surface area contributed by atoms with E-state index >= 15 is 0 Å². The van der Waals surface area contributed by atoms with E-state index in [9.17, 15) is 9.59 Å². The van der Waals surface area contributed by atoms with Gasteiger partial charge in [-0.15, -0.1) is 0 Å². The highest BCUT2D eigenvalue weighted by Crippen LogP contribution is 2.36. The normalized spacial score (nSPS) is 16.4. The molecule has 1 atom stereocenters. The van der Waals surface area contributed by atoms with Crippen molar-refractivity contribution < 1.29 is 19.1 Å². The first-order valence-electron chi connectivity index (χ1n) is 8.21. The maximum Gasteiger partial charge on any atom is 0.229 e. The van der Waals surface area contributed by atoms with Gasteiger partial charge in [0.25, 0.3) is 0 Å². The molecule has 0 spiro atoms. The number of rotatable bonds is 5. The van der Waals surface area contributed by atoms with Crippen LogP contribution >= 0.6 is 23.2 Å². The Labute approximate surface area is 167 Å². The first-order valence-corrected chi connectivity index (χ1v) is 8.97. The Bertz CT molecular complexity index is 888. The molecule has 2 aromatic rings. The number of benzene rings is 2. The molecule has 1 saturated heterocycles. The van der Waals surface area contributed by atoms with Gasteiger partial charge in [0.15, 0.2) is 0 Å². The van der Waals surface area contributed by atoms with Crippen LogP contribution in [-0.2, 0) is 9.59 Å². The number of anilines is 2. The van der Waals surface area contributed by atoms with E-state index in [0.29, 0.717) is 32.9 Å². The summed E-state index contributed by atoms with van der Waals surface area (Å²) in [7, 11) is 3.02. The van der Waals surface area contributed by atoms with Gasteiger partial charge in [-0.2, -0.15) is 0 Å². The average molecular weight is 409 g/mol. The van der Waals surface area contributed by atoms with Gasteiger partial charge < -0.3 is 19.7 Å². The summed E-state index contributed by atoms with van der Waals surface area (Å²) in [6.45, 7) is 0.226. The molecule has 2 amide bonds. The Morgan fingerprint density at radius 2 is 1.70 bits per heavy atom. The van der Waals surface area contributed by atoms with Crippen LogP contribution in [0.15, 0.2) is 36.4 Å². The molecule has 1 fully saturated rings. The summed E-state index contributed by atoms with van der Waals surface area (Å²) in [5.74, 6) is 0.0295. The van der Waals surface area contributed by atoms with Crippen LogP contribution in [0.4, 0.5) is 11.4 Å². The van der Waals surface area contributed by atoms with Gasteiger partial charge in [-0.1, -0.05) is 23.2 Å². The molecule has 27 heavy (non-hydrogen) atoms. The van der Waals surface area contributed by atoms with Crippen LogP contribution in [0, 0.1) is 5.92 Å². The van der Waals surface area contributed by atoms with E-state index in [0.717, 1.165) is 0 Å². The van der Waals surface area contributed by atoms with Crippen molar-refractivity contribution in [1.29, 1.82) is 0 Å². The first kappa shape index (κ1) is 19.3. The molecule has 8 heteroatoms. The maximum absolute atomic E-state index is 12.7. The molecule has 0 aromatic heterocycles. The Balaban J connectivity index is 1.79. The van der Waals surface area contributed by atoms with Crippen molar-refractivity contribution in [2.45, 2.75) is 6.42 Å². The summed E-state index contributed by atoms with van der Waals surface area (Å²) < 4.78 is 10.5. The molecule has 3 rings (SSSR count). The molecule has 6 nitrogen and oxygen atoms in total. The predicted molar refractivity (Wildman–Crippen MR) is 105 cm³/mol. The highest BCUT2D eigenvalue weighted by molar-refractivity contribution is 6.31. The van der Waals surface area contributed by atoms with Crippen LogP contribution < -0.4 is 19.7 Å². The Hall–Kier alpha value is -2.44. The summed E-state index contributed by atoms with van der Waals surface area (Å²) in [5, 5.41) is 3.75. The van der Waals surface area contributed by atoms with E-state index in [4.69, 9.17) is 32.7 Å². The fourth-order valence-electron chi connectivity index (χ4n) is 3.00. The van der Waals surface area contributed by atoms with Gasteiger partial charge in [0.2, 0.25) is 11.8 Å². The molecule has 1 heterocycles. The summed E-state index contributed by atoms with van der Waals surface area (Å²) in [6.07, 6.45) is 0.0877. The Morgan fingerprint density at radius 1 is 1.07 bits per heavy atom. The highest BCUT2D eigenvalue weighted by atomic mass is 35.5. The maximum atomic E-state index is 12.7. The van der Waals surface area contributed by atoms with Crippen molar-refractivity contribution in [3.05, 3.63) is 46.4 Å². The lowest BCUT2D eigenvalue weighted by Crippen LogP contribution is -2.28. The van der Waals surface area contributed by atoms with Gasteiger partial charge in [0, 0.05) is 23.0 Å². The summed E-state index contributed by atoms with van der Waals surface area (Å²) >= 11 is 12.1. The van der Waals surface area contributed by atoms with E-state index in [1.165, 1.54) is 19.1 Å². The van der Waals surface area contributed by atoms with Crippen LogP contribution in [0.2, 0.25) is 10.0 Å². The minimum atomic E-state index is -0.523. The lowest BCUT2D eigenvalue weighted by atomic mass is 10.1. The molecule has 0 aliphatic carbocycles. The Kier molecular flexibility index (Phi) is 5.77. The number of carbonyl (C=O) groups is 2. The molecule has 1 N–H and O–H groups in total. The number of ether oxygens (including phenoxy) is 2. The van der Waals surface area contributed by atoms with Gasteiger partial charge in [-0.25, -0.2) is 0 Å². The number of carbonyl (C=O) groups excluding carboxylic acids is 2. The lowest BCUT2D eigenvalue weighted by Gasteiger charge is -2.20. The van der Waals surface area contributed by atoms with Gasteiger partial charge in [0.05, 0.1) is 31.5 Å². The topological polar surface area (TPSA) is 67.9 Å². The van der Waals surface area contributed by atoms with Crippen molar-refractivity contribution in [2.75, 3.05) is 31.0 Å². The first-order chi connectivity index (χ1) is 12.9. The zero-order valence-electron chi connectivity index (χ0n) is 14.8. The summed E-state index contributed by atoms with van der Waals surface area (Å²) in [6, 6.07) is 9.96. The second kappa shape index (κ2) is 8.06. The second-order valence-electron chi connectivity index (χ2n) is 6.06. The highest BCUT2D eigenvalue weighted by Gasteiger charge is 2.36. The molecule has 0 saturated carbocycles. The summed E-state index contributed by atoms with van der Waals surface area (Å²) in [4.78, 5) is 26.7. The molecular weight excluding hydrogens is 391 g/mol. The van der Waals surface area contributed by atoms with E-state index < -0.39 is 5.92 Å². The standard InChI is InChI=1S/C19H18Cl2N2O4/c1-26-16-5-3-12(20)8-14(16)22-19(25)11-7-18(24)23(10-11)15-9-13(21)4-6-17(15)27-2/h3-6,8-9,11H,7,10H2,1-2H3,(H,22,25). The third-order valence-corrected chi connectivity index (χ3v) is 4.82. The van der Waals surface area contributed by atoms with Gasteiger partial charge >= 0.3 is 0 Å². The van der Waals surface area contributed by atoms with E-state index in [1.54, 1.807) is 36.4 Å². The van der Waals surface area contributed by atoms with Gasteiger partial charge in [-0.3, -0.25) is 9.59 Å². The number of hydrogen-bond donors (Lipinski definition) is 1. The Morgan fingerprint density at radius 3 is 2.37 bits per heavy atom. The SMILES string of the molecule is COc1ccc(Cl)cc1NC(=O)C1CC(=O)N(c2cc(Cl)ccc2OC)C1. The molecule has 1 aliphatic rings. The number of methoxy groups -OCH3 is 2. The van der Waals surface area contributed by atoms with Gasteiger partial charge in [-0.05, 0) is 36.4 Å². The minimum Gasteiger partial charge on any atom is -0.495 e. The van der Waals surface area contributed by atoms with E-state index in [1.807, 2.05) is 0 Å². The quantitative estimate of drug-likeness (QED) is 0.811. The van der Waals surface area contributed by atoms with E-state index in [-0.39, 0.29) is 24.8 Å². The van der Waals surface area contributed by atoms with Crippen LogP contribution in [0.1, 0.15) is 6.42 Å². The molecule has 0 bridgehead atoms. The monoisotopic (exact) mass is 408 g/mol. The number of halogens is 2. The lowest BCUT2D eigenvalue weighted by molar-refractivity contribution is -0.122. The molecule has 2 aromatic carbocycles. The van der Waals surface area contributed by atoms with Crippen LogP contribution in [0.25, 0.3) is 0 Å². The van der Waals surface area contributed by atoms with Crippen molar-refractivity contribution in [3.8, 4) is 11.5 Å². The van der Waals surface area contributed by atoms with E-state index in [2.05, 4.69) is 5.32 Å². The zero-order valence-corrected chi connectivity index (χ0v) is 16.3. The van der Waals surface area contributed by atoms with Crippen LogP contribution in [0.3, 0.4) is 0 Å². The number of nitrogens with one attached hydrogen (secondary N) is 1. The minimum absolute atomic E-state index is 0.0877. The molecule has 1 unspecified atom stereocenters. The van der Waals surface area contributed by atoms with Gasteiger partial charge in [0.1, 0.15) is 11.5 Å². The largest absolute Gasteiger partial charge is 0.495 e. The number of hydrogen-bond acceptors (Lipinski definition) is 4. The molecular formula is C19H18Cl2N2O4. The fourth-order valence-corrected chi connectivity index (χ4v) is 3.34. The third-order valence-electron chi connectivity index (χ3n) is 4.35. The average Bonchev–Trinajstić information content (AvgIpc) is 3.03. The smallest absolute Gasteiger partial charge is 0.229 e. The van der Waals surface area contributed by atoms with Crippen molar-refractivity contribution in [2.24, 2.45) is 5.92 Å². The number of amides is 2. The fraction of sp³-hybridized carbons (Fsp3) is 0.263. The molecule has 142 valence electrons. The molecule has 1 aliphatic heterocycles. The van der Waals surface area contributed by atoms with Crippen molar-refractivity contribution in [3.63, 3.8) is 0 Å². The zero-order chi connectivity index (χ0) is 19.6. The molecule has 0 radical (unpaired) electrons. The predicted octanol–water partition coefficient (Wildman–Crippen LogP) is 4.00. The second-order valence-corrected chi connectivity index (χ2v) is 6.93. The summed E-state index contributed by atoms with van der Waals surface area (Å²) in [5.41, 5.74) is 1.01. The van der Waals surface area contributed by atoms with Crippen molar-refractivity contribution in [1.82, 2.24) is 0 Å². The van der Waals surface area contributed by atoms with Crippen LogP contribution in [0.5, 0.6) is 11.5 Å². The number of nitrogens with zero attached hydrogens (tertiary/aromatic N) is 1. The van der Waals surface area contributed by atoms with Crippen LogP contribution in [-0.4, -0.2) is 32.6 Å². The third kappa shape index (κ3) is 4.12.